The highest BCUT2D eigenvalue weighted by Crippen LogP contribution is 2.09. The average molecular weight is 285 g/mol. The molecule has 2 N–H and O–H groups in total. The molecule has 0 atom stereocenters. The number of anilines is 1. The van der Waals surface area contributed by atoms with Gasteiger partial charge in [-0.15, -0.1) is 11.3 Å². The lowest BCUT2D eigenvalue weighted by Crippen LogP contribution is -2.23. The smallest absolute Gasteiger partial charge is 0.244 e. The van der Waals surface area contributed by atoms with Crippen LogP contribution < -0.4 is 10.0 Å². The SMILES string of the molecule is CNc1ncc(S(=O)(=O)NCc2nccs2)cn1. The molecule has 9 heteroatoms. The molecule has 0 aliphatic carbocycles. The summed E-state index contributed by atoms with van der Waals surface area (Å²) < 4.78 is 26.2. The molecule has 0 amide bonds. The van der Waals surface area contributed by atoms with Gasteiger partial charge in [-0.1, -0.05) is 0 Å². The summed E-state index contributed by atoms with van der Waals surface area (Å²) in [7, 11) is -1.94. The summed E-state index contributed by atoms with van der Waals surface area (Å²) in [6, 6.07) is 0. The van der Waals surface area contributed by atoms with E-state index < -0.39 is 10.0 Å². The van der Waals surface area contributed by atoms with Crippen molar-refractivity contribution in [2.24, 2.45) is 0 Å². The first-order chi connectivity index (χ1) is 8.62. The number of rotatable bonds is 5. The first kappa shape index (κ1) is 12.9. The van der Waals surface area contributed by atoms with Crippen molar-refractivity contribution in [2.45, 2.75) is 11.4 Å². The van der Waals surface area contributed by atoms with Crippen LogP contribution >= 0.6 is 11.3 Å². The normalized spacial score (nSPS) is 11.4. The fraction of sp³-hybridized carbons (Fsp3) is 0.222. The van der Waals surface area contributed by atoms with E-state index in [9.17, 15) is 8.42 Å². The summed E-state index contributed by atoms with van der Waals surface area (Å²) >= 11 is 1.39. The van der Waals surface area contributed by atoms with Gasteiger partial charge in [0.15, 0.2) is 0 Å². The van der Waals surface area contributed by atoms with E-state index in [1.54, 1.807) is 18.6 Å². The van der Waals surface area contributed by atoms with Gasteiger partial charge < -0.3 is 5.32 Å². The quantitative estimate of drug-likeness (QED) is 0.828. The molecule has 0 bridgehead atoms. The van der Waals surface area contributed by atoms with Crippen LogP contribution in [0.4, 0.5) is 5.95 Å². The Morgan fingerprint density at radius 3 is 2.56 bits per heavy atom. The highest BCUT2D eigenvalue weighted by atomic mass is 32.2. The summed E-state index contributed by atoms with van der Waals surface area (Å²) in [5.41, 5.74) is 0. The largest absolute Gasteiger partial charge is 0.357 e. The molecule has 0 saturated heterocycles. The van der Waals surface area contributed by atoms with E-state index in [1.165, 1.54) is 23.7 Å². The van der Waals surface area contributed by atoms with E-state index in [4.69, 9.17) is 0 Å². The van der Waals surface area contributed by atoms with Gasteiger partial charge >= 0.3 is 0 Å². The predicted octanol–water partition coefficient (Wildman–Crippen LogP) is 0.453. The van der Waals surface area contributed by atoms with Gasteiger partial charge in [0.2, 0.25) is 16.0 Å². The van der Waals surface area contributed by atoms with Crippen molar-refractivity contribution in [3.05, 3.63) is 29.0 Å². The molecule has 0 spiro atoms. The summed E-state index contributed by atoms with van der Waals surface area (Å²) in [5, 5.41) is 5.20. The number of sulfonamides is 1. The zero-order valence-corrected chi connectivity index (χ0v) is 11.1. The molecule has 96 valence electrons. The second-order valence-electron chi connectivity index (χ2n) is 3.24. The standard InChI is InChI=1S/C9H11N5O2S2/c1-10-9-12-4-7(5-13-9)18(15,16)14-6-8-11-2-3-17-8/h2-5,14H,6H2,1H3,(H,10,12,13). The molecule has 2 rings (SSSR count). The molecule has 0 radical (unpaired) electrons. The molecule has 0 aliphatic rings. The van der Waals surface area contributed by atoms with Crippen LogP contribution in [0.15, 0.2) is 28.9 Å². The molecule has 2 aromatic heterocycles. The Balaban J connectivity index is 2.09. The predicted molar refractivity (Wildman–Crippen MR) is 67.7 cm³/mol. The Bertz CT molecular complexity index is 594. The third-order valence-electron chi connectivity index (χ3n) is 2.06. The van der Waals surface area contributed by atoms with Crippen LogP contribution in [0.5, 0.6) is 0 Å². The fourth-order valence-corrected chi connectivity index (χ4v) is 2.69. The van der Waals surface area contributed by atoms with Crippen molar-refractivity contribution in [1.82, 2.24) is 19.7 Å². The van der Waals surface area contributed by atoms with E-state index in [2.05, 4.69) is 25.0 Å². The van der Waals surface area contributed by atoms with E-state index in [0.717, 1.165) is 0 Å². The van der Waals surface area contributed by atoms with E-state index in [-0.39, 0.29) is 11.4 Å². The maximum Gasteiger partial charge on any atom is 0.244 e. The Morgan fingerprint density at radius 1 is 1.28 bits per heavy atom. The minimum atomic E-state index is -3.60. The molecule has 2 heterocycles. The lowest BCUT2D eigenvalue weighted by Gasteiger charge is -2.05. The number of nitrogens with one attached hydrogen (secondary N) is 2. The van der Waals surface area contributed by atoms with Gasteiger partial charge in [0.1, 0.15) is 9.90 Å². The second-order valence-corrected chi connectivity index (χ2v) is 5.99. The van der Waals surface area contributed by atoms with E-state index in [1.807, 2.05) is 0 Å². The Morgan fingerprint density at radius 2 is 2.00 bits per heavy atom. The first-order valence-electron chi connectivity index (χ1n) is 4.99. The minimum absolute atomic E-state index is 0.0260. The molecule has 0 aromatic carbocycles. The lowest BCUT2D eigenvalue weighted by molar-refractivity contribution is 0.580. The van der Waals surface area contributed by atoms with E-state index in [0.29, 0.717) is 11.0 Å². The van der Waals surface area contributed by atoms with Crippen molar-refractivity contribution >= 4 is 27.3 Å². The van der Waals surface area contributed by atoms with Crippen LogP contribution in [0.2, 0.25) is 0 Å². The molecule has 7 nitrogen and oxygen atoms in total. The first-order valence-corrected chi connectivity index (χ1v) is 7.36. The number of hydrogen-bond acceptors (Lipinski definition) is 7. The molecular weight excluding hydrogens is 274 g/mol. The Labute approximate surface area is 108 Å². The van der Waals surface area contributed by atoms with E-state index >= 15 is 0 Å². The topological polar surface area (TPSA) is 96.9 Å². The third kappa shape index (κ3) is 3.00. The molecule has 2 aromatic rings. The van der Waals surface area contributed by atoms with Crippen LogP contribution in [0.25, 0.3) is 0 Å². The van der Waals surface area contributed by atoms with Crippen molar-refractivity contribution < 1.29 is 8.42 Å². The summed E-state index contributed by atoms with van der Waals surface area (Å²) in [5.74, 6) is 0.369. The molecule has 0 saturated carbocycles. The summed E-state index contributed by atoms with van der Waals surface area (Å²) in [6.45, 7) is 0.160. The summed E-state index contributed by atoms with van der Waals surface area (Å²) in [6.07, 6.45) is 4.13. The number of nitrogens with zero attached hydrogens (tertiary/aromatic N) is 3. The van der Waals surface area contributed by atoms with Crippen LogP contribution in [0.3, 0.4) is 0 Å². The van der Waals surface area contributed by atoms with Crippen LogP contribution in [0.1, 0.15) is 5.01 Å². The van der Waals surface area contributed by atoms with Crippen molar-refractivity contribution in [3.8, 4) is 0 Å². The Kier molecular flexibility index (Phi) is 3.84. The highest BCUT2D eigenvalue weighted by Gasteiger charge is 2.15. The zero-order valence-electron chi connectivity index (χ0n) is 9.49. The van der Waals surface area contributed by atoms with Crippen LogP contribution in [0, 0.1) is 0 Å². The van der Waals surface area contributed by atoms with Gasteiger partial charge in [-0.2, -0.15) is 0 Å². The maximum absolute atomic E-state index is 11.9. The second kappa shape index (κ2) is 5.38. The number of thiazole rings is 1. The van der Waals surface area contributed by atoms with Gasteiger partial charge in [0, 0.05) is 18.6 Å². The van der Waals surface area contributed by atoms with Gasteiger partial charge in [-0.25, -0.2) is 28.1 Å². The average Bonchev–Trinajstić information content (AvgIpc) is 2.90. The fourth-order valence-electron chi connectivity index (χ4n) is 1.16. The monoisotopic (exact) mass is 285 g/mol. The van der Waals surface area contributed by atoms with Crippen LogP contribution in [-0.2, 0) is 16.6 Å². The van der Waals surface area contributed by atoms with Gasteiger partial charge in [0.05, 0.1) is 18.9 Å². The van der Waals surface area contributed by atoms with Gasteiger partial charge in [-0.3, -0.25) is 0 Å². The van der Waals surface area contributed by atoms with Crippen molar-refractivity contribution in [3.63, 3.8) is 0 Å². The molecule has 0 unspecified atom stereocenters. The Hall–Kier alpha value is -1.58. The highest BCUT2D eigenvalue weighted by molar-refractivity contribution is 7.89. The van der Waals surface area contributed by atoms with Crippen molar-refractivity contribution in [2.75, 3.05) is 12.4 Å². The molecular formula is C9H11N5O2S2. The number of aromatic nitrogens is 3. The maximum atomic E-state index is 11.9. The molecule has 18 heavy (non-hydrogen) atoms. The van der Waals surface area contributed by atoms with Crippen LogP contribution in [-0.4, -0.2) is 30.4 Å². The van der Waals surface area contributed by atoms with Crippen molar-refractivity contribution in [1.29, 1.82) is 0 Å². The summed E-state index contributed by atoms with van der Waals surface area (Å²) in [4.78, 5) is 11.7. The minimum Gasteiger partial charge on any atom is -0.357 e. The third-order valence-corrected chi connectivity index (χ3v) is 4.19. The lowest BCUT2D eigenvalue weighted by atomic mass is 10.7. The zero-order chi connectivity index (χ0) is 13.0. The number of hydrogen-bond donors (Lipinski definition) is 2. The van der Waals surface area contributed by atoms with Gasteiger partial charge in [-0.05, 0) is 0 Å². The molecule has 0 aliphatic heterocycles. The molecule has 0 fully saturated rings. The van der Waals surface area contributed by atoms with Gasteiger partial charge in [0.25, 0.3) is 0 Å².